The predicted molar refractivity (Wildman–Crippen MR) is 84.1 cm³/mol. The normalized spacial score (nSPS) is 10.8. The maximum absolute atomic E-state index is 5.68. The molecule has 0 saturated carbocycles. The second kappa shape index (κ2) is 6.44. The Morgan fingerprint density at radius 3 is 2.91 bits per heavy atom. The van der Waals surface area contributed by atoms with Crippen LogP contribution in [0.25, 0.3) is 16.9 Å². The van der Waals surface area contributed by atoms with E-state index in [0.29, 0.717) is 24.7 Å². The summed E-state index contributed by atoms with van der Waals surface area (Å²) in [4.78, 5) is 4.19. The summed E-state index contributed by atoms with van der Waals surface area (Å²) < 4.78 is 12.8. The van der Waals surface area contributed by atoms with Crippen LogP contribution in [-0.4, -0.2) is 34.9 Å². The number of fused-ring (bicyclic) bond motifs is 1. The van der Waals surface area contributed by atoms with Crippen molar-refractivity contribution in [2.75, 3.05) is 20.3 Å². The molecular formula is C16H18N4O2. The summed E-state index contributed by atoms with van der Waals surface area (Å²) in [5.41, 5.74) is 8.09. The lowest BCUT2D eigenvalue weighted by Gasteiger charge is -2.12. The van der Waals surface area contributed by atoms with Crippen LogP contribution in [0.5, 0.6) is 11.5 Å². The first-order valence-corrected chi connectivity index (χ1v) is 7.13. The van der Waals surface area contributed by atoms with Crippen LogP contribution in [0.1, 0.15) is 6.42 Å². The Labute approximate surface area is 128 Å². The highest BCUT2D eigenvalue weighted by molar-refractivity contribution is 5.64. The molecule has 0 fully saturated rings. The molecule has 6 nitrogen and oxygen atoms in total. The van der Waals surface area contributed by atoms with Crippen LogP contribution in [0.4, 0.5) is 0 Å². The van der Waals surface area contributed by atoms with Crippen molar-refractivity contribution in [1.82, 2.24) is 14.6 Å². The van der Waals surface area contributed by atoms with Crippen molar-refractivity contribution in [2.24, 2.45) is 5.73 Å². The summed E-state index contributed by atoms with van der Waals surface area (Å²) in [5.74, 6) is 1.39. The Morgan fingerprint density at radius 2 is 2.09 bits per heavy atom. The Balaban J connectivity index is 1.90. The molecule has 0 aliphatic rings. The number of ether oxygens (including phenoxy) is 2. The zero-order valence-electron chi connectivity index (χ0n) is 12.4. The first-order chi connectivity index (χ1) is 10.8. The van der Waals surface area contributed by atoms with Gasteiger partial charge in [0, 0.05) is 18.0 Å². The highest BCUT2D eigenvalue weighted by Crippen LogP contribution is 2.31. The Kier molecular flexibility index (Phi) is 4.20. The molecule has 6 heteroatoms. The van der Waals surface area contributed by atoms with Crippen molar-refractivity contribution < 1.29 is 9.47 Å². The average molecular weight is 298 g/mol. The van der Waals surface area contributed by atoms with Crippen molar-refractivity contribution in [2.45, 2.75) is 6.42 Å². The molecule has 0 aliphatic carbocycles. The molecule has 3 aromatic rings. The fraction of sp³-hybridized carbons (Fsp3) is 0.250. The topological polar surface area (TPSA) is 74.7 Å². The fourth-order valence-corrected chi connectivity index (χ4v) is 2.18. The van der Waals surface area contributed by atoms with Crippen molar-refractivity contribution >= 4 is 5.65 Å². The quantitative estimate of drug-likeness (QED) is 0.706. The predicted octanol–water partition coefficient (Wildman–Crippen LogP) is 2.13. The number of benzene rings is 1. The van der Waals surface area contributed by atoms with Gasteiger partial charge in [-0.3, -0.25) is 0 Å². The lowest BCUT2D eigenvalue weighted by Crippen LogP contribution is -2.06. The summed E-state index contributed by atoms with van der Waals surface area (Å²) in [6, 6.07) is 9.64. The van der Waals surface area contributed by atoms with Crippen LogP contribution in [0, 0.1) is 0 Å². The van der Waals surface area contributed by atoms with E-state index < -0.39 is 0 Å². The Hall–Kier alpha value is -2.60. The van der Waals surface area contributed by atoms with Gasteiger partial charge in [0.15, 0.2) is 17.1 Å². The van der Waals surface area contributed by atoms with E-state index >= 15 is 0 Å². The molecule has 2 aromatic heterocycles. The fourth-order valence-electron chi connectivity index (χ4n) is 2.18. The van der Waals surface area contributed by atoms with Crippen LogP contribution in [0.15, 0.2) is 42.7 Å². The van der Waals surface area contributed by atoms with Crippen LogP contribution in [-0.2, 0) is 0 Å². The summed E-state index contributed by atoms with van der Waals surface area (Å²) >= 11 is 0. The molecule has 0 atom stereocenters. The number of rotatable bonds is 6. The van der Waals surface area contributed by atoms with Gasteiger partial charge in [-0.2, -0.15) is 5.10 Å². The smallest absolute Gasteiger partial charge is 0.161 e. The van der Waals surface area contributed by atoms with E-state index in [9.17, 15) is 0 Å². The molecule has 22 heavy (non-hydrogen) atoms. The summed E-state index contributed by atoms with van der Waals surface area (Å²) in [6.07, 6.45) is 4.35. The van der Waals surface area contributed by atoms with Gasteiger partial charge >= 0.3 is 0 Å². The van der Waals surface area contributed by atoms with Gasteiger partial charge in [0.05, 0.1) is 19.4 Å². The molecule has 0 saturated heterocycles. The molecule has 0 bridgehead atoms. The van der Waals surface area contributed by atoms with Gasteiger partial charge in [-0.15, -0.1) is 0 Å². The lowest BCUT2D eigenvalue weighted by atomic mass is 10.1. The van der Waals surface area contributed by atoms with Crippen molar-refractivity contribution in [3.63, 3.8) is 0 Å². The van der Waals surface area contributed by atoms with Gasteiger partial charge in [-0.25, -0.2) is 9.50 Å². The maximum atomic E-state index is 5.68. The van der Waals surface area contributed by atoms with Crippen LogP contribution in [0.3, 0.4) is 0 Å². The zero-order valence-corrected chi connectivity index (χ0v) is 12.4. The number of nitrogens with two attached hydrogens (primary N) is 1. The minimum absolute atomic E-state index is 0.575. The summed E-state index contributed by atoms with van der Waals surface area (Å²) in [7, 11) is 1.63. The molecule has 3 rings (SSSR count). The van der Waals surface area contributed by atoms with E-state index in [1.807, 2.05) is 36.5 Å². The van der Waals surface area contributed by atoms with E-state index in [2.05, 4.69) is 10.1 Å². The number of methoxy groups -OCH3 is 1. The molecule has 0 aliphatic heterocycles. The van der Waals surface area contributed by atoms with Crippen LogP contribution in [0.2, 0.25) is 0 Å². The molecule has 0 radical (unpaired) electrons. The van der Waals surface area contributed by atoms with Gasteiger partial charge in [0.1, 0.15) is 0 Å². The van der Waals surface area contributed by atoms with Crippen LogP contribution >= 0.6 is 0 Å². The minimum atomic E-state index is 0.575. The standard InChI is InChI=1S/C16H18N4O2/c1-21-15-11-12(3-5-14(15)22-10-2-7-17)13-4-6-16-18-8-9-20(16)19-13/h3-6,8-9,11H,2,7,10,17H2,1H3. The molecule has 2 heterocycles. The summed E-state index contributed by atoms with van der Waals surface area (Å²) in [6.45, 7) is 1.18. The van der Waals surface area contributed by atoms with E-state index in [-0.39, 0.29) is 0 Å². The van der Waals surface area contributed by atoms with Gasteiger partial charge in [0.25, 0.3) is 0 Å². The maximum Gasteiger partial charge on any atom is 0.161 e. The lowest BCUT2D eigenvalue weighted by molar-refractivity contribution is 0.291. The summed E-state index contributed by atoms with van der Waals surface area (Å²) in [5, 5.41) is 4.53. The first-order valence-electron chi connectivity index (χ1n) is 7.13. The second-order valence-corrected chi connectivity index (χ2v) is 4.80. The number of hydrogen-bond acceptors (Lipinski definition) is 5. The van der Waals surface area contributed by atoms with E-state index in [1.165, 1.54) is 0 Å². The van der Waals surface area contributed by atoms with E-state index in [4.69, 9.17) is 15.2 Å². The Bertz CT molecular complexity index is 770. The third-order valence-electron chi connectivity index (χ3n) is 3.32. The molecule has 0 unspecified atom stereocenters. The molecular weight excluding hydrogens is 280 g/mol. The third kappa shape index (κ3) is 2.87. The molecule has 2 N–H and O–H groups in total. The molecule has 1 aromatic carbocycles. The molecule has 114 valence electrons. The zero-order chi connectivity index (χ0) is 15.4. The van der Waals surface area contributed by atoms with E-state index in [0.717, 1.165) is 23.3 Å². The molecule has 0 amide bonds. The largest absolute Gasteiger partial charge is 0.493 e. The number of imidazole rings is 1. The van der Waals surface area contributed by atoms with Crippen molar-refractivity contribution in [3.8, 4) is 22.8 Å². The SMILES string of the molecule is COc1cc(-c2ccc3nccn3n2)ccc1OCCCN. The third-order valence-corrected chi connectivity index (χ3v) is 3.32. The number of hydrogen-bond donors (Lipinski definition) is 1. The van der Waals surface area contributed by atoms with Crippen molar-refractivity contribution in [3.05, 3.63) is 42.7 Å². The Morgan fingerprint density at radius 1 is 1.18 bits per heavy atom. The average Bonchev–Trinajstić information content (AvgIpc) is 3.03. The van der Waals surface area contributed by atoms with Crippen molar-refractivity contribution in [1.29, 1.82) is 0 Å². The van der Waals surface area contributed by atoms with Gasteiger partial charge in [-0.1, -0.05) is 0 Å². The molecule has 0 spiro atoms. The van der Waals surface area contributed by atoms with Crippen LogP contribution < -0.4 is 15.2 Å². The minimum Gasteiger partial charge on any atom is -0.493 e. The first kappa shape index (κ1) is 14.3. The number of aromatic nitrogens is 3. The van der Waals surface area contributed by atoms with E-state index in [1.54, 1.807) is 17.8 Å². The second-order valence-electron chi connectivity index (χ2n) is 4.80. The number of nitrogens with zero attached hydrogens (tertiary/aromatic N) is 3. The monoisotopic (exact) mass is 298 g/mol. The van der Waals surface area contributed by atoms with Gasteiger partial charge in [0.2, 0.25) is 0 Å². The van der Waals surface area contributed by atoms with Gasteiger partial charge < -0.3 is 15.2 Å². The van der Waals surface area contributed by atoms with Gasteiger partial charge in [-0.05, 0) is 43.3 Å². The highest BCUT2D eigenvalue weighted by Gasteiger charge is 2.09. The highest BCUT2D eigenvalue weighted by atomic mass is 16.5.